The normalized spacial score (nSPS) is 23.2. The number of nitrogens with zero attached hydrogens (tertiary/aromatic N) is 2. The summed E-state index contributed by atoms with van der Waals surface area (Å²) in [5, 5.41) is 0. The van der Waals surface area contributed by atoms with Crippen molar-refractivity contribution in [2.75, 3.05) is 19.6 Å². The van der Waals surface area contributed by atoms with E-state index in [4.69, 9.17) is 0 Å². The summed E-state index contributed by atoms with van der Waals surface area (Å²) < 4.78 is 27.2. The fraction of sp³-hybridized carbons (Fsp3) is 0.579. The number of hydrogen-bond donors (Lipinski definition) is 0. The number of carbonyl (C=O) groups excluding carboxylic acids is 2. The Balaban J connectivity index is 1.43. The van der Waals surface area contributed by atoms with E-state index in [1.165, 1.54) is 12.1 Å². The van der Waals surface area contributed by atoms with Gasteiger partial charge in [0.25, 0.3) is 5.91 Å². The average molecular weight is 348 g/mol. The SMILES string of the molecule is O=C(c1cccc(F)c1F)N1CCC2(CCC(=O)N(C3CC3)C2)CC1. The zero-order valence-corrected chi connectivity index (χ0v) is 14.1. The molecule has 6 heteroatoms. The van der Waals surface area contributed by atoms with Gasteiger partial charge in [0.1, 0.15) is 0 Å². The highest BCUT2D eigenvalue weighted by Crippen LogP contribution is 2.43. The van der Waals surface area contributed by atoms with Gasteiger partial charge in [0, 0.05) is 32.1 Å². The molecule has 0 N–H and O–H groups in total. The highest BCUT2D eigenvalue weighted by molar-refractivity contribution is 5.94. The van der Waals surface area contributed by atoms with Crippen molar-refractivity contribution in [3.05, 3.63) is 35.4 Å². The minimum Gasteiger partial charge on any atom is -0.339 e. The molecule has 0 aromatic heterocycles. The van der Waals surface area contributed by atoms with E-state index >= 15 is 0 Å². The number of piperidine rings is 2. The average Bonchev–Trinajstić information content (AvgIpc) is 3.45. The summed E-state index contributed by atoms with van der Waals surface area (Å²) in [5.74, 6) is -2.26. The number of carbonyl (C=O) groups is 2. The Morgan fingerprint density at radius 3 is 2.52 bits per heavy atom. The lowest BCUT2D eigenvalue weighted by Crippen LogP contribution is -2.53. The molecule has 1 spiro atoms. The van der Waals surface area contributed by atoms with E-state index < -0.39 is 17.5 Å². The second-order valence-corrected chi connectivity index (χ2v) is 7.65. The molecule has 1 aromatic carbocycles. The first-order valence-electron chi connectivity index (χ1n) is 9.02. The molecule has 0 atom stereocenters. The van der Waals surface area contributed by atoms with Gasteiger partial charge in [-0.3, -0.25) is 9.59 Å². The first kappa shape index (κ1) is 16.5. The van der Waals surface area contributed by atoms with Crippen LogP contribution in [0.4, 0.5) is 8.78 Å². The van der Waals surface area contributed by atoms with Crippen molar-refractivity contribution < 1.29 is 18.4 Å². The molecule has 3 aliphatic rings. The molecule has 0 unspecified atom stereocenters. The topological polar surface area (TPSA) is 40.6 Å². The van der Waals surface area contributed by atoms with Gasteiger partial charge in [0.2, 0.25) is 5.91 Å². The zero-order valence-electron chi connectivity index (χ0n) is 14.1. The maximum absolute atomic E-state index is 13.9. The molecular weight excluding hydrogens is 326 g/mol. The van der Waals surface area contributed by atoms with E-state index in [1.54, 1.807) is 4.90 Å². The van der Waals surface area contributed by atoms with Crippen molar-refractivity contribution in [3.63, 3.8) is 0 Å². The predicted octanol–water partition coefficient (Wildman–Crippen LogP) is 2.97. The van der Waals surface area contributed by atoms with Gasteiger partial charge in [-0.2, -0.15) is 0 Å². The molecule has 4 rings (SSSR count). The van der Waals surface area contributed by atoms with Crippen molar-refractivity contribution in [2.45, 2.75) is 44.6 Å². The minimum absolute atomic E-state index is 0.0771. The van der Waals surface area contributed by atoms with Crippen LogP contribution in [-0.2, 0) is 4.79 Å². The van der Waals surface area contributed by atoms with Crippen molar-refractivity contribution in [2.24, 2.45) is 5.41 Å². The molecule has 2 amide bonds. The standard InChI is InChI=1S/C19H22F2N2O2/c20-15-3-1-2-14(17(15)21)18(25)22-10-8-19(9-11-22)7-6-16(24)23(12-19)13-4-5-13/h1-3,13H,4-12H2. The van der Waals surface area contributed by atoms with E-state index in [0.29, 0.717) is 25.6 Å². The summed E-state index contributed by atoms with van der Waals surface area (Å²) in [4.78, 5) is 28.3. The molecule has 2 aliphatic heterocycles. The largest absolute Gasteiger partial charge is 0.339 e. The lowest BCUT2D eigenvalue weighted by molar-refractivity contribution is -0.139. The highest BCUT2D eigenvalue weighted by atomic mass is 19.2. The van der Waals surface area contributed by atoms with Gasteiger partial charge < -0.3 is 9.80 Å². The molecule has 2 heterocycles. The summed E-state index contributed by atoms with van der Waals surface area (Å²) in [5.41, 5.74) is -0.123. The van der Waals surface area contributed by atoms with Gasteiger partial charge in [0.05, 0.1) is 5.56 Å². The van der Waals surface area contributed by atoms with Gasteiger partial charge in [-0.25, -0.2) is 8.78 Å². The second-order valence-electron chi connectivity index (χ2n) is 7.65. The van der Waals surface area contributed by atoms with Crippen molar-refractivity contribution in [3.8, 4) is 0 Å². The number of hydrogen-bond acceptors (Lipinski definition) is 2. The summed E-state index contributed by atoms with van der Waals surface area (Å²) in [6.45, 7) is 1.84. The quantitative estimate of drug-likeness (QED) is 0.824. The summed E-state index contributed by atoms with van der Waals surface area (Å²) in [6, 6.07) is 4.13. The van der Waals surface area contributed by atoms with Crippen molar-refractivity contribution in [1.29, 1.82) is 0 Å². The van der Waals surface area contributed by atoms with Crippen LogP contribution in [0.5, 0.6) is 0 Å². The Hall–Kier alpha value is -1.98. The number of amides is 2. The number of rotatable bonds is 2. The Morgan fingerprint density at radius 2 is 1.84 bits per heavy atom. The third kappa shape index (κ3) is 3.02. The second kappa shape index (κ2) is 6.07. The first-order chi connectivity index (χ1) is 12.0. The van der Waals surface area contributed by atoms with Gasteiger partial charge in [-0.1, -0.05) is 6.07 Å². The third-order valence-corrected chi connectivity index (χ3v) is 5.98. The van der Waals surface area contributed by atoms with Crippen LogP contribution >= 0.6 is 0 Å². The molecule has 134 valence electrons. The van der Waals surface area contributed by atoms with Crippen LogP contribution in [0.3, 0.4) is 0 Å². The molecule has 1 aliphatic carbocycles. The fourth-order valence-electron chi connectivity index (χ4n) is 4.19. The van der Waals surface area contributed by atoms with E-state index in [2.05, 4.69) is 0 Å². The molecule has 2 saturated heterocycles. The van der Waals surface area contributed by atoms with Crippen molar-refractivity contribution in [1.82, 2.24) is 9.80 Å². The maximum Gasteiger partial charge on any atom is 0.256 e. The molecular formula is C19H22F2N2O2. The number of benzene rings is 1. The Labute approximate surface area is 145 Å². The Kier molecular flexibility index (Phi) is 4.01. The minimum atomic E-state index is -1.07. The van der Waals surface area contributed by atoms with Crippen LogP contribution in [0.2, 0.25) is 0 Å². The van der Waals surface area contributed by atoms with E-state index in [1.807, 2.05) is 4.90 Å². The molecule has 1 aromatic rings. The summed E-state index contributed by atoms with van der Waals surface area (Å²) >= 11 is 0. The van der Waals surface area contributed by atoms with Gasteiger partial charge in [-0.05, 0) is 49.7 Å². The van der Waals surface area contributed by atoms with Crippen LogP contribution in [0.1, 0.15) is 48.9 Å². The van der Waals surface area contributed by atoms with Gasteiger partial charge in [0.15, 0.2) is 11.6 Å². The maximum atomic E-state index is 13.9. The van der Waals surface area contributed by atoms with E-state index in [0.717, 1.165) is 44.7 Å². The van der Waals surface area contributed by atoms with Crippen LogP contribution in [0.15, 0.2) is 18.2 Å². The Morgan fingerprint density at radius 1 is 1.12 bits per heavy atom. The molecule has 25 heavy (non-hydrogen) atoms. The fourth-order valence-corrected chi connectivity index (χ4v) is 4.19. The monoisotopic (exact) mass is 348 g/mol. The Bertz CT molecular complexity index is 709. The lowest BCUT2D eigenvalue weighted by Gasteiger charge is -2.47. The van der Waals surface area contributed by atoms with Crippen LogP contribution in [0, 0.1) is 17.0 Å². The van der Waals surface area contributed by atoms with Gasteiger partial charge >= 0.3 is 0 Å². The molecule has 1 saturated carbocycles. The number of halogens is 2. The van der Waals surface area contributed by atoms with Crippen LogP contribution in [-0.4, -0.2) is 47.3 Å². The molecule has 3 fully saturated rings. The first-order valence-corrected chi connectivity index (χ1v) is 9.02. The molecule has 4 nitrogen and oxygen atoms in total. The summed E-state index contributed by atoms with van der Waals surface area (Å²) in [6.07, 6.45) is 5.28. The molecule has 0 bridgehead atoms. The molecule has 0 radical (unpaired) electrons. The third-order valence-electron chi connectivity index (χ3n) is 5.98. The zero-order chi connectivity index (χ0) is 17.6. The summed E-state index contributed by atoms with van der Waals surface area (Å²) in [7, 11) is 0. The van der Waals surface area contributed by atoms with Crippen LogP contribution < -0.4 is 0 Å². The van der Waals surface area contributed by atoms with Crippen molar-refractivity contribution >= 4 is 11.8 Å². The lowest BCUT2D eigenvalue weighted by atomic mass is 9.72. The smallest absolute Gasteiger partial charge is 0.256 e. The van der Waals surface area contributed by atoms with E-state index in [9.17, 15) is 18.4 Å². The highest BCUT2D eigenvalue weighted by Gasteiger charge is 2.45. The number of likely N-dealkylation sites (tertiary alicyclic amines) is 2. The van der Waals surface area contributed by atoms with Gasteiger partial charge in [-0.15, -0.1) is 0 Å². The van der Waals surface area contributed by atoms with Crippen LogP contribution in [0.25, 0.3) is 0 Å². The van der Waals surface area contributed by atoms with E-state index in [-0.39, 0.29) is 16.9 Å². The predicted molar refractivity (Wildman–Crippen MR) is 87.9 cm³/mol.